The van der Waals surface area contributed by atoms with E-state index in [-0.39, 0.29) is 0 Å². The van der Waals surface area contributed by atoms with E-state index in [1.165, 1.54) is 0 Å². The van der Waals surface area contributed by atoms with Crippen LogP contribution in [-0.2, 0) is 4.79 Å². The summed E-state index contributed by atoms with van der Waals surface area (Å²) in [5.74, 6) is 0.576. The fourth-order valence-corrected chi connectivity index (χ4v) is 2.16. The monoisotopic (exact) mass is 309 g/mol. The maximum Gasteiger partial charge on any atom is 0.352 e. The van der Waals surface area contributed by atoms with Crippen molar-refractivity contribution in [2.45, 2.75) is 33.8 Å². The Balaban J connectivity index is 2.12. The number of ether oxygens (including phenoxy) is 2. The molecular formula is C19H19NO3. The Hall–Kier alpha value is -2.80. The molecule has 0 aliphatic heterocycles. The van der Waals surface area contributed by atoms with Crippen LogP contribution in [0.3, 0.4) is 0 Å². The Morgan fingerprint density at radius 1 is 1.13 bits per heavy atom. The third kappa shape index (κ3) is 3.89. The van der Waals surface area contributed by atoms with Gasteiger partial charge in [-0.3, -0.25) is 0 Å². The predicted octanol–water partition coefficient (Wildman–Crippen LogP) is 3.86. The van der Waals surface area contributed by atoms with Crippen molar-refractivity contribution in [3.63, 3.8) is 0 Å². The predicted molar refractivity (Wildman–Crippen MR) is 87.5 cm³/mol. The van der Waals surface area contributed by atoms with Crippen molar-refractivity contribution >= 4 is 5.97 Å². The molecule has 0 bridgehead atoms. The van der Waals surface area contributed by atoms with Crippen molar-refractivity contribution in [3.8, 4) is 17.6 Å². The molecule has 0 radical (unpaired) electrons. The fourth-order valence-electron chi connectivity index (χ4n) is 2.16. The van der Waals surface area contributed by atoms with E-state index in [0.29, 0.717) is 17.1 Å². The molecule has 0 saturated heterocycles. The molecule has 4 nitrogen and oxygen atoms in total. The van der Waals surface area contributed by atoms with Crippen LogP contribution in [0.15, 0.2) is 36.4 Å². The summed E-state index contributed by atoms with van der Waals surface area (Å²) >= 11 is 0. The highest BCUT2D eigenvalue weighted by molar-refractivity contribution is 5.78. The summed E-state index contributed by atoms with van der Waals surface area (Å²) in [6.07, 6.45) is -0.775. The molecule has 0 N–H and O–H groups in total. The van der Waals surface area contributed by atoms with Gasteiger partial charge in [0.05, 0.1) is 11.6 Å². The molecule has 0 saturated carbocycles. The van der Waals surface area contributed by atoms with Crippen molar-refractivity contribution in [1.82, 2.24) is 0 Å². The Morgan fingerprint density at radius 2 is 1.83 bits per heavy atom. The molecule has 2 aromatic rings. The van der Waals surface area contributed by atoms with E-state index in [0.717, 1.165) is 16.7 Å². The maximum absolute atomic E-state index is 12.3. The molecule has 2 aromatic carbocycles. The van der Waals surface area contributed by atoms with Gasteiger partial charge in [0.1, 0.15) is 11.5 Å². The molecule has 118 valence electrons. The zero-order chi connectivity index (χ0) is 17.0. The van der Waals surface area contributed by atoms with E-state index >= 15 is 0 Å². The number of carbonyl (C=O) groups is 1. The summed E-state index contributed by atoms with van der Waals surface area (Å²) in [5, 5.41) is 8.89. The molecule has 1 atom stereocenters. The van der Waals surface area contributed by atoms with E-state index < -0.39 is 12.1 Å². The van der Waals surface area contributed by atoms with E-state index in [1.807, 2.05) is 39.0 Å². The smallest absolute Gasteiger partial charge is 0.352 e. The second-order valence-electron chi connectivity index (χ2n) is 5.47. The molecule has 1 unspecified atom stereocenters. The van der Waals surface area contributed by atoms with E-state index in [4.69, 9.17) is 14.7 Å². The summed E-state index contributed by atoms with van der Waals surface area (Å²) in [5.41, 5.74) is 3.39. The summed E-state index contributed by atoms with van der Waals surface area (Å²) in [6, 6.07) is 12.6. The standard InChI is InChI=1S/C19H19NO3/c1-12-8-9-13(2)18(14(12)3)23-19(21)15(4)22-17-7-5-6-16(10-17)11-20/h5-10,15H,1-4H3. The molecule has 23 heavy (non-hydrogen) atoms. The lowest BCUT2D eigenvalue weighted by Gasteiger charge is -2.17. The lowest BCUT2D eigenvalue weighted by Crippen LogP contribution is -2.29. The molecule has 0 aliphatic carbocycles. The lowest BCUT2D eigenvalue weighted by atomic mass is 10.1. The van der Waals surface area contributed by atoms with Crippen LogP contribution < -0.4 is 9.47 Å². The number of nitriles is 1. The van der Waals surface area contributed by atoms with Crippen molar-refractivity contribution in [3.05, 3.63) is 58.7 Å². The molecule has 0 spiro atoms. The van der Waals surface area contributed by atoms with Gasteiger partial charge in [0, 0.05) is 0 Å². The van der Waals surface area contributed by atoms with Crippen LogP contribution in [0.5, 0.6) is 11.5 Å². The first-order valence-electron chi connectivity index (χ1n) is 7.37. The third-order valence-corrected chi connectivity index (χ3v) is 3.68. The summed E-state index contributed by atoms with van der Waals surface area (Å²) in [6.45, 7) is 7.42. The van der Waals surface area contributed by atoms with Gasteiger partial charge in [-0.1, -0.05) is 18.2 Å². The Kier molecular flexibility index (Phi) is 5.02. The SMILES string of the molecule is Cc1ccc(C)c(OC(=O)C(C)Oc2cccc(C#N)c2)c1C. The van der Waals surface area contributed by atoms with Gasteiger partial charge in [-0.25, -0.2) is 4.79 Å². The highest BCUT2D eigenvalue weighted by Gasteiger charge is 2.20. The third-order valence-electron chi connectivity index (χ3n) is 3.68. The summed E-state index contributed by atoms with van der Waals surface area (Å²) in [7, 11) is 0. The minimum absolute atomic E-state index is 0.464. The van der Waals surface area contributed by atoms with Gasteiger partial charge in [-0.2, -0.15) is 5.26 Å². The van der Waals surface area contributed by atoms with E-state index in [9.17, 15) is 4.79 Å². The van der Waals surface area contributed by atoms with Crippen molar-refractivity contribution in [1.29, 1.82) is 5.26 Å². The molecule has 0 heterocycles. The van der Waals surface area contributed by atoms with Gasteiger partial charge in [-0.05, 0) is 62.6 Å². The molecule has 0 aliphatic rings. The maximum atomic E-state index is 12.3. The Labute approximate surface area is 136 Å². The van der Waals surface area contributed by atoms with E-state index in [2.05, 4.69) is 0 Å². The van der Waals surface area contributed by atoms with Crippen molar-refractivity contribution < 1.29 is 14.3 Å². The average molecular weight is 309 g/mol. The van der Waals surface area contributed by atoms with Crippen LogP contribution in [0.4, 0.5) is 0 Å². The number of nitrogens with zero attached hydrogens (tertiary/aromatic N) is 1. The Bertz CT molecular complexity index is 775. The first kappa shape index (κ1) is 16.6. The Morgan fingerprint density at radius 3 is 2.52 bits per heavy atom. The number of benzene rings is 2. The summed E-state index contributed by atoms with van der Waals surface area (Å²) < 4.78 is 11.1. The number of hydrogen-bond donors (Lipinski definition) is 0. The van der Waals surface area contributed by atoms with Crippen LogP contribution in [0.25, 0.3) is 0 Å². The van der Waals surface area contributed by atoms with Crippen LogP contribution in [0.2, 0.25) is 0 Å². The molecule has 4 heteroatoms. The highest BCUT2D eigenvalue weighted by Crippen LogP contribution is 2.26. The quantitative estimate of drug-likeness (QED) is 0.635. The molecule has 0 amide bonds. The molecule has 2 rings (SSSR count). The van der Waals surface area contributed by atoms with Gasteiger partial charge < -0.3 is 9.47 Å². The van der Waals surface area contributed by atoms with Gasteiger partial charge in [-0.15, -0.1) is 0 Å². The first-order valence-corrected chi connectivity index (χ1v) is 7.37. The second kappa shape index (κ2) is 6.97. The average Bonchev–Trinajstić information content (AvgIpc) is 2.55. The summed E-state index contributed by atoms with van der Waals surface area (Å²) in [4.78, 5) is 12.3. The number of rotatable bonds is 4. The molecule has 0 aromatic heterocycles. The zero-order valence-corrected chi connectivity index (χ0v) is 13.7. The number of hydrogen-bond acceptors (Lipinski definition) is 4. The first-order chi connectivity index (χ1) is 10.9. The van der Waals surface area contributed by atoms with Gasteiger partial charge in [0.25, 0.3) is 0 Å². The largest absolute Gasteiger partial charge is 0.479 e. The van der Waals surface area contributed by atoms with Gasteiger partial charge in [0.15, 0.2) is 6.10 Å². The minimum Gasteiger partial charge on any atom is -0.479 e. The number of aryl methyl sites for hydroxylation is 2. The highest BCUT2D eigenvalue weighted by atomic mass is 16.6. The number of carbonyl (C=O) groups excluding carboxylic acids is 1. The second-order valence-corrected chi connectivity index (χ2v) is 5.47. The van der Waals surface area contributed by atoms with Crippen LogP contribution >= 0.6 is 0 Å². The zero-order valence-electron chi connectivity index (χ0n) is 13.7. The fraction of sp³-hybridized carbons (Fsp3) is 0.263. The van der Waals surface area contributed by atoms with Crippen molar-refractivity contribution in [2.75, 3.05) is 0 Å². The van der Waals surface area contributed by atoms with E-state index in [1.54, 1.807) is 31.2 Å². The number of esters is 1. The van der Waals surface area contributed by atoms with Crippen LogP contribution in [-0.4, -0.2) is 12.1 Å². The van der Waals surface area contributed by atoms with Gasteiger partial charge in [0.2, 0.25) is 0 Å². The molecule has 0 fully saturated rings. The topological polar surface area (TPSA) is 59.3 Å². The molecular weight excluding hydrogens is 290 g/mol. The van der Waals surface area contributed by atoms with Crippen LogP contribution in [0.1, 0.15) is 29.2 Å². The minimum atomic E-state index is -0.775. The lowest BCUT2D eigenvalue weighted by molar-refractivity contribution is -0.141. The van der Waals surface area contributed by atoms with Crippen molar-refractivity contribution in [2.24, 2.45) is 0 Å². The van der Waals surface area contributed by atoms with Gasteiger partial charge >= 0.3 is 5.97 Å². The normalized spacial score (nSPS) is 11.4. The van der Waals surface area contributed by atoms with Crippen LogP contribution in [0, 0.1) is 32.1 Å².